The van der Waals surface area contributed by atoms with Crippen LogP contribution in [0.3, 0.4) is 0 Å². The maximum Gasteiger partial charge on any atom is 0.254 e. The Kier molecular flexibility index (Phi) is 5.06. The molecule has 1 aliphatic heterocycles. The smallest absolute Gasteiger partial charge is 0.254 e. The molecule has 1 aromatic rings. The van der Waals surface area contributed by atoms with Crippen LogP contribution in [-0.4, -0.2) is 35.4 Å². The van der Waals surface area contributed by atoms with Crippen LogP contribution in [0.1, 0.15) is 25.8 Å². The van der Waals surface area contributed by atoms with Crippen molar-refractivity contribution in [3.8, 4) is 0 Å². The maximum atomic E-state index is 12.2. The molecule has 2 rings (SSSR count). The van der Waals surface area contributed by atoms with Crippen LogP contribution in [0.5, 0.6) is 0 Å². The highest BCUT2D eigenvalue weighted by atomic mass is 35.5. The zero-order valence-electron chi connectivity index (χ0n) is 12.3. The van der Waals surface area contributed by atoms with E-state index in [0.29, 0.717) is 12.5 Å². The molecule has 0 unspecified atom stereocenters. The van der Waals surface area contributed by atoms with E-state index in [-0.39, 0.29) is 17.3 Å². The molecule has 20 heavy (non-hydrogen) atoms. The molecule has 4 atom stereocenters. The number of hydrogen-bond acceptors (Lipinski definition) is 2. The van der Waals surface area contributed by atoms with Crippen LogP contribution < -0.4 is 0 Å². The standard InChI is InChI=1S/C16H22ClNO2/c1-4-11(2)13(17)14-15(20-3)16(19)18(14)10-12-8-6-5-7-9-12/h5-9,11,13-15H,4,10H2,1-3H3/t11-,13-,14+,15-/m0/s1. The van der Waals surface area contributed by atoms with Crippen molar-refractivity contribution in [1.82, 2.24) is 4.90 Å². The van der Waals surface area contributed by atoms with E-state index in [4.69, 9.17) is 16.3 Å². The van der Waals surface area contributed by atoms with Gasteiger partial charge in [-0.25, -0.2) is 0 Å². The first-order chi connectivity index (χ1) is 9.60. The molecule has 1 saturated heterocycles. The van der Waals surface area contributed by atoms with Gasteiger partial charge in [-0.15, -0.1) is 11.6 Å². The molecular weight excluding hydrogens is 274 g/mol. The van der Waals surface area contributed by atoms with E-state index in [1.165, 1.54) is 0 Å². The van der Waals surface area contributed by atoms with Gasteiger partial charge >= 0.3 is 0 Å². The van der Waals surface area contributed by atoms with Crippen molar-refractivity contribution in [2.45, 2.75) is 44.3 Å². The van der Waals surface area contributed by atoms with Gasteiger partial charge in [0.2, 0.25) is 0 Å². The largest absolute Gasteiger partial charge is 0.369 e. The number of methoxy groups -OCH3 is 1. The second-order valence-corrected chi connectivity index (χ2v) is 5.93. The predicted molar refractivity (Wildman–Crippen MR) is 80.7 cm³/mol. The van der Waals surface area contributed by atoms with Crippen molar-refractivity contribution in [2.75, 3.05) is 7.11 Å². The molecule has 1 aromatic carbocycles. The third-order valence-corrected chi connectivity index (χ3v) is 4.85. The topological polar surface area (TPSA) is 29.5 Å². The Hall–Kier alpha value is -1.06. The van der Waals surface area contributed by atoms with Gasteiger partial charge in [0.1, 0.15) is 0 Å². The quantitative estimate of drug-likeness (QED) is 0.596. The summed E-state index contributed by atoms with van der Waals surface area (Å²) >= 11 is 6.56. The molecule has 1 fully saturated rings. The second kappa shape index (κ2) is 6.59. The minimum absolute atomic E-state index is 0.0373. The Balaban J connectivity index is 2.12. The highest BCUT2D eigenvalue weighted by Crippen LogP contribution is 2.34. The monoisotopic (exact) mass is 295 g/mol. The summed E-state index contributed by atoms with van der Waals surface area (Å²) < 4.78 is 5.32. The SMILES string of the molecule is CC[C@H](C)[C@H](Cl)[C@@H]1[C@H](OC)C(=O)N1Cc1ccccc1. The Morgan fingerprint density at radius 3 is 2.55 bits per heavy atom. The van der Waals surface area contributed by atoms with E-state index in [0.717, 1.165) is 12.0 Å². The lowest BCUT2D eigenvalue weighted by Crippen LogP contribution is -2.68. The number of nitrogens with zero attached hydrogens (tertiary/aromatic N) is 1. The molecule has 0 N–H and O–H groups in total. The van der Waals surface area contributed by atoms with Gasteiger partial charge in [-0.2, -0.15) is 0 Å². The lowest BCUT2D eigenvalue weighted by Gasteiger charge is -2.49. The number of carbonyl (C=O) groups excluding carboxylic acids is 1. The highest BCUT2D eigenvalue weighted by Gasteiger charge is 2.51. The van der Waals surface area contributed by atoms with E-state index >= 15 is 0 Å². The van der Waals surface area contributed by atoms with Crippen LogP contribution in [-0.2, 0) is 16.1 Å². The molecule has 0 spiro atoms. The summed E-state index contributed by atoms with van der Waals surface area (Å²) in [7, 11) is 1.58. The van der Waals surface area contributed by atoms with Crippen molar-refractivity contribution in [3.63, 3.8) is 0 Å². The lowest BCUT2D eigenvalue weighted by atomic mass is 9.87. The Labute approximate surface area is 125 Å². The molecule has 110 valence electrons. The summed E-state index contributed by atoms with van der Waals surface area (Å²) in [5.74, 6) is 0.390. The first kappa shape index (κ1) is 15.3. The van der Waals surface area contributed by atoms with Crippen molar-refractivity contribution < 1.29 is 9.53 Å². The fourth-order valence-corrected chi connectivity index (χ4v) is 3.09. The average Bonchev–Trinajstić information content (AvgIpc) is 2.49. The Bertz CT molecular complexity index is 451. The van der Waals surface area contributed by atoms with E-state index in [9.17, 15) is 4.79 Å². The molecule has 1 heterocycles. The molecule has 0 saturated carbocycles. The van der Waals surface area contributed by atoms with Crippen molar-refractivity contribution in [1.29, 1.82) is 0 Å². The Morgan fingerprint density at radius 2 is 2.00 bits per heavy atom. The van der Waals surface area contributed by atoms with Gasteiger partial charge in [0.15, 0.2) is 6.10 Å². The van der Waals surface area contributed by atoms with Crippen LogP contribution in [0.4, 0.5) is 0 Å². The molecule has 0 aromatic heterocycles. The summed E-state index contributed by atoms with van der Waals surface area (Å²) in [5, 5.41) is -0.0774. The van der Waals surface area contributed by atoms with Gasteiger partial charge < -0.3 is 9.64 Å². The average molecular weight is 296 g/mol. The number of hydrogen-bond donors (Lipinski definition) is 0. The number of alkyl halides is 1. The zero-order chi connectivity index (χ0) is 14.7. The van der Waals surface area contributed by atoms with Crippen molar-refractivity contribution in [2.24, 2.45) is 5.92 Å². The first-order valence-electron chi connectivity index (χ1n) is 7.11. The number of ether oxygens (including phenoxy) is 1. The second-order valence-electron chi connectivity index (χ2n) is 5.43. The van der Waals surface area contributed by atoms with Gasteiger partial charge in [-0.3, -0.25) is 4.79 Å². The minimum atomic E-state index is -0.393. The predicted octanol–water partition coefficient (Wildman–Crippen LogP) is 3.07. The minimum Gasteiger partial charge on any atom is -0.369 e. The number of β-lactam (4-membered cyclic amide) rings is 1. The van der Waals surface area contributed by atoms with E-state index in [1.807, 2.05) is 35.2 Å². The van der Waals surface area contributed by atoms with Crippen molar-refractivity contribution >= 4 is 17.5 Å². The van der Waals surface area contributed by atoms with Gasteiger partial charge in [-0.1, -0.05) is 50.6 Å². The number of amides is 1. The molecular formula is C16H22ClNO2. The van der Waals surface area contributed by atoms with E-state index in [1.54, 1.807) is 7.11 Å². The fraction of sp³-hybridized carbons (Fsp3) is 0.562. The normalized spacial score (nSPS) is 25.2. The van der Waals surface area contributed by atoms with Gasteiger partial charge in [-0.05, 0) is 11.5 Å². The molecule has 1 aliphatic rings. The van der Waals surface area contributed by atoms with E-state index in [2.05, 4.69) is 13.8 Å². The Morgan fingerprint density at radius 1 is 1.35 bits per heavy atom. The third kappa shape index (κ3) is 2.84. The summed E-state index contributed by atoms with van der Waals surface area (Å²) in [6, 6.07) is 9.95. The summed E-state index contributed by atoms with van der Waals surface area (Å²) in [6.07, 6.45) is 0.601. The summed E-state index contributed by atoms with van der Waals surface area (Å²) in [6.45, 7) is 4.83. The maximum absolute atomic E-state index is 12.2. The number of carbonyl (C=O) groups is 1. The van der Waals surface area contributed by atoms with Crippen LogP contribution in [0.15, 0.2) is 30.3 Å². The summed E-state index contributed by atoms with van der Waals surface area (Å²) in [4.78, 5) is 14.0. The lowest BCUT2D eigenvalue weighted by molar-refractivity contribution is -0.172. The fourth-order valence-electron chi connectivity index (χ4n) is 2.64. The highest BCUT2D eigenvalue weighted by molar-refractivity contribution is 6.22. The van der Waals surface area contributed by atoms with Gasteiger partial charge in [0.05, 0.1) is 11.4 Å². The number of rotatable bonds is 6. The van der Waals surface area contributed by atoms with E-state index < -0.39 is 6.10 Å². The van der Waals surface area contributed by atoms with Gasteiger partial charge in [0.25, 0.3) is 5.91 Å². The van der Waals surface area contributed by atoms with Gasteiger partial charge in [0, 0.05) is 13.7 Å². The molecule has 3 nitrogen and oxygen atoms in total. The molecule has 0 bridgehead atoms. The number of benzene rings is 1. The van der Waals surface area contributed by atoms with Crippen LogP contribution in [0, 0.1) is 5.92 Å². The summed E-state index contributed by atoms with van der Waals surface area (Å²) in [5.41, 5.74) is 1.12. The number of halogens is 1. The van der Waals surface area contributed by atoms with Crippen molar-refractivity contribution in [3.05, 3.63) is 35.9 Å². The molecule has 1 amide bonds. The molecule has 0 radical (unpaired) electrons. The van der Waals surface area contributed by atoms with Crippen LogP contribution in [0.2, 0.25) is 0 Å². The number of likely N-dealkylation sites (tertiary alicyclic amines) is 1. The zero-order valence-corrected chi connectivity index (χ0v) is 13.0. The third-order valence-electron chi connectivity index (χ3n) is 4.16. The van der Waals surface area contributed by atoms with Crippen LogP contribution in [0.25, 0.3) is 0 Å². The molecule has 4 heteroatoms. The molecule has 0 aliphatic carbocycles. The van der Waals surface area contributed by atoms with Crippen LogP contribution >= 0.6 is 11.6 Å². The first-order valence-corrected chi connectivity index (χ1v) is 7.55.